The Kier molecular flexibility index (Phi) is 5.97. The second-order valence-corrected chi connectivity index (χ2v) is 9.98. The van der Waals surface area contributed by atoms with Crippen molar-refractivity contribution in [3.63, 3.8) is 0 Å². The highest BCUT2D eigenvalue weighted by Crippen LogP contribution is 2.51. The van der Waals surface area contributed by atoms with Crippen molar-refractivity contribution >= 4 is 52.6 Å². The predicted molar refractivity (Wildman–Crippen MR) is 131 cm³/mol. The number of hydrogen-bond acceptors (Lipinski definition) is 7. The van der Waals surface area contributed by atoms with Crippen LogP contribution in [0.2, 0.25) is 0 Å². The first-order valence-electron chi connectivity index (χ1n) is 10.8. The molecule has 2 aliphatic heterocycles. The summed E-state index contributed by atoms with van der Waals surface area (Å²) < 4.78 is 5.13. The van der Waals surface area contributed by atoms with Crippen LogP contribution >= 0.6 is 23.1 Å². The molecule has 1 aromatic heterocycles. The number of thiazole rings is 1. The molecule has 0 saturated carbocycles. The minimum Gasteiger partial charge on any atom is -0.462 e. The number of aromatic amines is 1. The molecular formula is C25H20N2O5S2. The first-order chi connectivity index (χ1) is 16.5. The Balaban J connectivity index is 1.57. The van der Waals surface area contributed by atoms with Crippen molar-refractivity contribution in [2.45, 2.75) is 23.1 Å². The highest BCUT2D eigenvalue weighted by molar-refractivity contribution is 8.00. The number of nitrogens with one attached hydrogen (secondary N) is 1. The predicted octanol–water partition coefficient (Wildman–Crippen LogP) is 4.07. The van der Waals surface area contributed by atoms with Crippen molar-refractivity contribution in [2.24, 2.45) is 5.92 Å². The lowest BCUT2D eigenvalue weighted by molar-refractivity contribution is -0.122. The monoisotopic (exact) mass is 492 g/mol. The number of benzene rings is 2. The van der Waals surface area contributed by atoms with Gasteiger partial charge in [0.1, 0.15) is 5.25 Å². The van der Waals surface area contributed by atoms with Gasteiger partial charge in [-0.2, -0.15) is 0 Å². The van der Waals surface area contributed by atoms with E-state index in [-0.39, 0.29) is 22.7 Å². The van der Waals surface area contributed by atoms with Crippen LogP contribution in [0, 0.1) is 5.92 Å². The zero-order chi connectivity index (χ0) is 23.8. The van der Waals surface area contributed by atoms with E-state index in [1.165, 1.54) is 11.8 Å². The van der Waals surface area contributed by atoms with Crippen LogP contribution in [0.5, 0.6) is 0 Å². The van der Waals surface area contributed by atoms with Crippen molar-refractivity contribution < 1.29 is 19.1 Å². The summed E-state index contributed by atoms with van der Waals surface area (Å²) in [6, 6.07) is 16.1. The van der Waals surface area contributed by atoms with Gasteiger partial charge in [0.05, 0.1) is 28.8 Å². The summed E-state index contributed by atoms with van der Waals surface area (Å²) in [6.45, 7) is 1.87. The van der Waals surface area contributed by atoms with Gasteiger partial charge in [-0.15, -0.1) is 0 Å². The first kappa shape index (κ1) is 22.4. The second-order valence-electron chi connectivity index (χ2n) is 7.82. The van der Waals surface area contributed by atoms with Gasteiger partial charge in [-0.1, -0.05) is 77.7 Å². The Hall–Kier alpha value is -3.43. The maximum absolute atomic E-state index is 13.7. The zero-order valence-electron chi connectivity index (χ0n) is 18.1. The number of ether oxygens (including phenoxy) is 1. The van der Waals surface area contributed by atoms with Crippen molar-refractivity contribution in [1.29, 1.82) is 0 Å². The summed E-state index contributed by atoms with van der Waals surface area (Å²) in [4.78, 5) is 56.4. The van der Waals surface area contributed by atoms with E-state index in [4.69, 9.17) is 4.74 Å². The van der Waals surface area contributed by atoms with Crippen LogP contribution in [-0.2, 0) is 14.3 Å². The van der Waals surface area contributed by atoms with Gasteiger partial charge in [0.15, 0.2) is 0 Å². The van der Waals surface area contributed by atoms with Crippen molar-refractivity contribution in [3.8, 4) is 0 Å². The number of fused-ring (bicyclic) bond motifs is 2. The number of anilines is 1. The fourth-order valence-corrected chi connectivity index (χ4v) is 6.82. The molecule has 172 valence electrons. The molecule has 3 aromatic rings. The lowest BCUT2D eigenvalue weighted by Gasteiger charge is -2.27. The molecule has 7 nitrogen and oxygen atoms in total. The number of esters is 1. The van der Waals surface area contributed by atoms with Gasteiger partial charge in [0, 0.05) is 10.8 Å². The summed E-state index contributed by atoms with van der Waals surface area (Å²) >= 11 is 2.26. The minimum atomic E-state index is -0.717. The second kappa shape index (κ2) is 9.08. The van der Waals surface area contributed by atoms with Crippen LogP contribution in [0.1, 0.15) is 33.6 Å². The van der Waals surface area contributed by atoms with E-state index in [1.807, 2.05) is 42.5 Å². The standard InChI is InChI=1S/C25H20N2O5S2/c1-2-32-24(30)15-10-6-7-11-17(15)27-22(28)18-16(13-12-14-8-4-3-5-9-14)19-21(26-25(31)34-19)33-20(18)23(27)29/h3-13,16,18,20H,2H2,1H3,(H,26,31)/b13-12+/t16-,18+,20+/m0/s1. The third-order valence-corrected chi connectivity index (χ3v) is 8.23. The van der Waals surface area contributed by atoms with E-state index in [2.05, 4.69) is 4.98 Å². The summed E-state index contributed by atoms with van der Waals surface area (Å²) in [5.41, 5.74) is 1.32. The van der Waals surface area contributed by atoms with E-state index in [1.54, 1.807) is 31.2 Å². The Morgan fingerprint density at radius 1 is 1.06 bits per heavy atom. The van der Waals surface area contributed by atoms with Crippen LogP contribution in [0.15, 0.2) is 70.5 Å². The van der Waals surface area contributed by atoms with Gasteiger partial charge < -0.3 is 9.72 Å². The van der Waals surface area contributed by atoms with Crippen LogP contribution in [0.4, 0.5) is 5.69 Å². The number of hydrogen-bond donors (Lipinski definition) is 1. The number of carbonyl (C=O) groups excluding carboxylic acids is 3. The van der Waals surface area contributed by atoms with Gasteiger partial charge in [0.2, 0.25) is 11.8 Å². The number of rotatable bonds is 5. The number of amides is 2. The molecule has 0 aliphatic carbocycles. The summed E-state index contributed by atoms with van der Waals surface area (Å²) in [5.74, 6) is -2.56. The van der Waals surface area contributed by atoms with Gasteiger partial charge in [-0.25, -0.2) is 9.69 Å². The Morgan fingerprint density at radius 3 is 2.56 bits per heavy atom. The smallest absolute Gasteiger partial charge is 0.340 e. The quantitative estimate of drug-likeness (QED) is 0.426. The summed E-state index contributed by atoms with van der Waals surface area (Å²) in [6.07, 6.45) is 3.79. The molecule has 1 N–H and O–H groups in total. The van der Waals surface area contributed by atoms with Crippen LogP contribution in [-0.4, -0.2) is 34.6 Å². The van der Waals surface area contributed by atoms with Gasteiger partial charge in [-0.3, -0.25) is 14.4 Å². The third-order valence-electron chi connectivity index (χ3n) is 5.81. The summed E-state index contributed by atoms with van der Waals surface area (Å²) in [5, 5.41) is -0.105. The minimum absolute atomic E-state index is 0.161. The molecule has 0 radical (unpaired) electrons. The van der Waals surface area contributed by atoms with Gasteiger partial charge >= 0.3 is 10.8 Å². The molecule has 3 atom stereocenters. The lowest BCUT2D eigenvalue weighted by Crippen LogP contribution is -2.33. The fourth-order valence-electron chi connectivity index (χ4n) is 4.33. The van der Waals surface area contributed by atoms with Crippen LogP contribution in [0.3, 0.4) is 0 Å². The maximum atomic E-state index is 13.7. The average molecular weight is 493 g/mol. The SMILES string of the molecule is CCOC(=O)c1ccccc1N1C(=O)[C@@H]2[C@H](/C=C/c3ccccc3)c3sc(=O)[nH]c3S[C@H]2C1=O. The number of para-hydroxylation sites is 1. The number of H-pyrrole nitrogens is 1. The topological polar surface area (TPSA) is 96.5 Å². The van der Waals surface area contributed by atoms with Gasteiger partial charge in [-0.05, 0) is 24.6 Å². The Labute approximate surface area is 203 Å². The molecule has 2 amide bonds. The van der Waals surface area contributed by atoms with Gasteiger partial charge in [0.25, 0.3) is 0 Å². The number of allylic oxidation sites excluding steroid dienone is 1. The Morgan fingerprint density at radius 2 is 1.79 bits per heavy atom. The third kappa shape index (κ3) is 3.80. The first-order valence-corrected chi connectivity index (χ1v) is 12.5. The van der Waals surface area contributed by atoms with Crippen molar-refractivity contribution in [1.82, 2.24) is 4.98 Å². The summed E-state index contributed by atoms with van der Waals surface area (Å²) in [7, 11) is 0. The van der Waals surface area contributed by atoms with E-state index in [9.17, 15) is 19.2 Å². The highest BCUT2D eigenvalue weighted by Gasteiger charge is 2.55. The normalized spacial score (nSPS) is 21.6. The molecule has 3 heterocycles. The average Bonchev–Trinajstić information content (AvgIpc) is 3.33. The molecule has 0 spiro atoms. The van der Waals surface area contributed by atoms with E-state index >= 15 is 0 Å². The number of nitrogens with zero attached hydrogens (tertiary/aromatic N) is 1. The molecule has 34 heavy (non-hydrogen) atoms. The van der Waals surface area contributed by atoms with E-state index < -0.39 is 34.9 Å². The molecule has 2 aliphatic rings. The molecule has 5 rings (SSSR count). The van der Waals surface area contributed by atoms with E-state index in [0.29, 0.717) is 5.03 Å². The molecule has 2 aromatic carbocycles. The van der Waals surface area contributed by atoms with Crippen molar-refractivity contribution in [2.75, 3.05) is 11.5 Å². The van der Waals surface area contributed by atoms with Crippen LogP contribution in [0.25, 0.3) is 6.08 Å². The molecule has 9 heteroatoms. The van der Waals surface area contributed by atoms with Crippen molar-refractivity contribution in [3.05, 3.63) is 86.3 Å². The number of imide groups is 1. The molecule has 0 unspecified atom stereocenters. The number of carbonyl (C=O) groups is 3. The lowest BCUT2D eigenvalue weighted by atomic mass is 9.88. The van der Waals surface area contributed by atoms with E-state index in [0.717, 1.165) is 26.7 Å². The molecular weight excluding hydrogens is 472 g/mol. The number of thioether (sulfide) groups is 1. The largest absolute Gasteiger partial charge is 0.462 e. The highest BCUT2D eigenvalue weighted by atomic mass is 32.2. The molecule has 1 saturated heterocycles. The zero-order valence-corrected chi connectivity index (χ0v) is 19.7. The molecule has 1 fully saturated rings. The van der Waals surface area contributed by atoms with Crippen LogP contribution < -0.4 is 9.77 Å². The fraction of sp³-hybridized carbons (Fsp3) is 0.200. The number of aromatic nitrogens is 1. The maximum Gasteiger partial charge on any atom is 0.340 e. The Bertz CT molecular complexity index is 1360. The molecule has 0 bridgehead atoms.